The molecule has 120 valence electrons. The normalized spacial score (nSPS) is 12.7. The molecule has 6 heteroatoms. The Morgan fingerprint density at radius 1 is 1.09 bits per heavy atom. The van der Waals surface area contributed by atoms with Gasteiger partial charge in [0.2, 0.25) is 0 Å². The summed E-state index contributed by atoms with van der Waals surface area (Å²) in [4.78, 5) is 13.4. The lowest BCUT2D eigenvalue weighted by molar-refractivity contribution is 0.468. The third-order valence-electron chi connectivity index (χ3n) is 4.13. The van der Waals surface area contributed by atoms with Crippen molar-refractivity contribution in [2.24, 2.45) is 5.92 Å². The molecule has 0 bridgehead atoms. The molecule has 0 aliphatic rings. The van der Waals surface area contributed by atoms with Gasteiger partial charge in [-0.1, -0.05) is 20.3 Å². The van der Waals surface area contributed by atoms with Crippen molar-refractivity contribution < 1.29 is 0 Å². The van der Waals surface area contributed by atoms with Crippen molar-refractivity contribution in [2.45, 2.75) is 33.7 Å². The molecule has 4 N–H and O–H groups in total. The molecule has 3 heterocycles. The van der Waals surface area contributed by atoms with Crippen LogP contribution in [0, 0.1) is 12.8 Å². The number of aryl methyl sites for hydroxylation is 1. The highest BCUT2D eigenvalue weighted by atomic mass is 15.1. The van der Waals surface area contributed by atoms with Crippen molar-refractivity contribution in [3.05, 3.63) is 30.1 Å². The highest BCUT2D eigenvalue weighted by molar-refractivity contribution is 5.77. The number of nitrogen functional groups attached to an aromatic ring is 2. The predicted molar refractivity (Wildman–Crippen MR) is 93.8 cm³/mol. The Bertz CT molecular complexity index is 831. The second kappa shape index (κ2) is 5.87. The van der Waals surface area contributed by atoms with Gasteiger partial charge in [-0.25, -0.2) is 15.0 Å². The van der Waals surface area contributed by atoms with Crippen molar-refractivity contribution in [1.82, 2.24) is 19.5 Å². The molecule has 0 aliphatic carbocycles. The zero-order valence-electron chi connectivity index (χ0n) is 13.7. The molecule has 6 nitrogen and oxygen atoms in total. The molecule has 0 amide bonds. The summed E-state index contributed by atoms with van der Waals surface area (Å²) >= 11 is 0. The Hall–Kier alpha value is -2.63. The molecule has 23 heavy (non-hydrogen) atoms. The Balaban J connectivity index is 2.11. The van der Waals surface area contributed by atoms with Gasteiger partial charge in [-0.05, 0) is 37.1 Å². The van der Waals surface area contributed by atoms with E-state index in [2.05, 4.69) is 28.4 Å². The molecule has 0 saturated carbocycles. The monoisotopic (exact) mass is 310 g/mol. The summed E-state index contributed by atoms with van der Waals surface area (Å²) in [5.41, 5.74) is 15.1. The van der Waals surface area contributed by atoms with Gasteiger partial charge in [0.05, 0.1) is 5.69 Å². The van der Waals surface area contributed by atoms with Gasteiger partial charge in [0.25, 0.3) is 0 Å². The lowest BCUT2D eigenvalue weighted by Crippen LogP contribution is -2.09. The predicted octanol–water partition coefficient (Wildman–Crippen LogP) is 3.01. The second-order valence-corrected chi connectivity index (χ2v) is 6.03. The molecule has 0 saturated heterocycles. The second-order valence-electron chi connectivity index (χ2n) is 6.03. The Morgan fingerprint density at radius 2 is 1.78 bits per heavy atom. The SMILES string of the molecule is CCC(C)Cn1c(C)nc2ccc(-c3cc(N)nc(N)c3)nc21. The van der Waals surface area contributed by atoms with Crippen molar-refractivity contribution in [2.75, 3.05) is 11.5 Å². The topological polar surface area (TPSA) is 95.6 Å². The van der Waals surface area contributed by atoms with E-state index in [1.165, 1.54) is 0 Å². The number of nitrogens with two attached hydrogens (primary N) is 2. The first-order valence-corrected chi connectivity index (χ1v) is 7.85. The lowest BCUT2D eigenvalue weighted by Gasteiger charge is -2.12. The molecule has 3 rings (SSSR count). The van der Waals surface area contributed by atoms with Gasteiger partial charge in [-0.15, -0.1) is 0 Å². The summed E-state index contributed by atoms with van der Waals surface area (Å²) in [7, 11) is 0. The number of anilines is 2. The Labute approximate surface area is 135 Å². The van der Waals surface area contributed by atoms with E-state index in [1.54, 1.807) is 12.1 Å². The average Bonchev–Trinajstić information content (AvgIpc) is 2.81. The first-order chi connectivity index (χ1) is 11.0. The van der Waals surface area contributed by atoms with E-state index < -0.39 is 0 Å². The quantitative estimate of drug-likeness (QED) is 0.772. The van der Waals surface area contributed by atoms with E-state index in [1.807, 2.05) is 19.1 Å². The fourth-order valence-electron chi connectivity index (χ4n) is 2.66. The molecule has 1 unspecified atom stereocenters. The maximum absolute atomic E-state index is 5.79. The highest BCUT2D eigenvalue weighted by Gasteiger charge is 2.13. The van der Waals surface area contributed by atoms with Crippen LogP contribution in [-0.2, 0) is 6.54 Å². The van der Waals surface area contributed by atoms with E-state index in [0.29, 0.717) is 17.6 Å². The molecule has 0 fully saturated rings. The minimum absolute atomic E-state index is 0.395. The third-order valence-corrected chi connectivity index (χ3v) is 4.13. The van der Waals surface area contributed by atoms with E-state index in [-0.39, 0.29) is 0 Å². The van der Waals surface area contributed by atoms with Gasteiger partial charge in [0.1, 0.15) is 23.0 Å². The van der Waals surface area contributed by atoms with Crippen molar-refractivity contribution in [1.29, 1.82) is 0 Å². The number of rotatable bonds is 4. The van der Waals surface area contributed by atoms with Crippen LogP contribution in [-0.4, -0.2) is 19.5 Å². The van der Waals surface area contributed by atoms with Crippen molar-refractivity contribution in [3.63, 3.8) is 0 Å². The zero-order valence-corrected chi connectivity index (χ0v) is 13.7. The van der Waals surface area contributed by atoms with Gasteiger partial charge >= 0.3 is 0 Å². The first-order valence-electron chi connectivity index (χ1n) is 7.85. The van der Waals surface area contributed by atoms with Crippen LogP contribution < -0.4 is 11.5 Å². The molecule has 3 aromatic rings. The minimum Gasteiger partial charge on any atom is -0.384 e. The number of fused-ring (bicyclic) bond motifs is 1. The number of nitrogens with zero attached hydrogens (tertiary/aromatic N) is 4. The van der Waals surface area contributed by atoms with Crippen LogP contribution in [0.5, 0.6) is 0 Å². The van der Waals surface area contributed by atoms with Crippen LogP contribution in [0.4, 0.5) is 11.6 Å². The number of hydrogen-bond donors (Lipinski definition) is 2. The summed E-state index contributed by atoms with van der Waals surface area (Å²) in [5, 5.41) is 0. The summed E-state index contributed by atoms with van der Waals surface area (Å²) in [6.45, 7) is 7.36. The van der Waals surface area contributed by atoms with Gasteiger partial charge in [0.15, 0.2) is 5.65 Å². The Kier molecular flexibility index (Phi) is 3.90. The van der Waals surface area contributed by atoms with Gasteiger partial charge < -0.3 is 16.0 Å². The molecule has 3 aromatic heterocycles. The fraction of sp³-hybridized carbons (Fsp3) is 0.353. The fourth-order valence-corrected chi connectivity index (χ4v) is 2.66. The van der Waals surface area contributed by atoms with Gasteiger partial charge in [-0.3, -0.25) is 0 Å². The van der Waals surface area contributed by atoms with Gasteiger partial charge in [0, 0.05) is 12.1 Å². The summed E-state index contributed by atoms with van der Waals surface area (Å²) < 4.78 is 2.18. The van der Waals surface area contributed by atoms with Crippen LogP contribution in [0.3, 0.4) is 0 Å². The molecular formula is C17H22N6. The van der Waals surface area contributed by atoms with E-state index in [0.717, 1.165) is 41.2 Å². The van der Waals surface area contributed by atoms with Crippen LogP contribution >= 0.6 is 0 Å². The Morgan fingerprint density at radius 3 is 2.43 bits per heavy atom. The molecule has 0 aromatic carbocycles. The minimum atomic E-state index is 0.395. The maximum Gasteiger partial charge on any atom is 0.160 e. The van der Waals surface area contributed by atoms with E-state index in [4.69, 9.17) is 16.5 Å². The molecule has 0 radical (unpaired) electrons. The molecule has 0 aliphatic heterocycles. The van der Waals surface area contributed by atoms with Crippen LogP contribution in [0.2, 0.25) is 0 Å². The summed E-state index contributed by atoms with van der Waals surface area (Å²) in [6, 6.07) is 7.50. The lowest BCUT2D eigenvalue weighted by atomic mass is 10.1. The zero-order chi connectivity index (χ0) is 16.6. The van der Waals surface area contributed by atoms with Crippen molar-refractivity contribution >= 4 is 22.8 Å². The smallest absolute Gasteiger partial charge is 0.160 e. The van der Waals surface area contributed by atoms with E-state index in [9.17, 15) is 0 Å². The largest absolute Gasteiger partial charge is 0.384 e. The number of hydrogen-bond acceptors (Lipinski definition) is 5. The number of pyridine rings is 2. The van der Waals surface area contributed by atoms with E-state index >= 15 is 0 Å². The summed E-state index contributed by atoms with van der Waals surface area (Å²) in [5.74, 6) is 2.35. The average molecular weight is 310 g/mol. The first kappa shape index (κ1) is 15.3. The standard InChI is InChI=1S/C17H22N6/c1-4-10(2)9-23-11(3)20-14-6-5-13(21-17(14)23)12-7-15(18)22-16(19)8-12/h5-8,10H,4,9H2,1-3H3,(H4,18,19,22). The molecule has 0 spiro atoms. The number of aromatic nitrogens is 4. The van der Waals surface area contributed by atoms with Gasteiger partial charge in [-0.2, -0.15) is 0 Å². The van der Waals surface area contributed by atoms with Crippen LogP contribution in [0.1, 0.15) is 26.1 Å². The molecule has 1 atom stereocenters. The van der Waals surface area contributed by atoms with Crippen molar-refractivity contribution in [3.8, 4) is 11.3 Å². The highest BCUT2D eigenvalue weighted by Crippen LogP contribution is 2.24. The maximum atomic E-state index is 5.79. The third kappa shape index (κ3) is 2.97. The molecular weight excluding hydrogens is 288 g/mol. The van der Waals surface area contributed by atoms with Crippen LogP contribution in [0.15, 0.2) is 24.3 Å². The van der Waals surface area contributed by atoms with Crippen LogP contribution in [0.25, 0.3) is 22.4 Å². The number of imidazole rings is 1. The summed E-state index contributed by atoms with van der Waals surface area (Å²) in [6.07, 6.45) is 1.12.